The lowest BCUT2D eigenvalue weighted by Crippen LogP contribution is -2.46. The number of anilines is 1. The van der Waals surface area contributed by atoms with Crippen molar-refractivity contribution in [2.75, 3.05) is 18.7 Å². The maximum Gasteiger partial charge on any atom is 0.325 e. The maximum atomic E-state index is 11.8. The van der Waals surface area contributed by atoms with Crippen molar-refractivity contribution in [3.8, 4) is 11.5 Å². The molecule has 1 aromatic rings. The number of urea groups is 1. The predicted octanol–water partition coefficient (Wildman–Crippen LogP) is 1.84. The van der Waals surface area contributed by atoms with E-state index < -0.39 is 6.03 Å². The van der Waals surface area contributed by atoms with E-state index in [1.165, 1.54) is 0 Å². The molecule has 120 valence electrons. The van der Waals surface area contributed by atoms with Gasteiger partial charge in [0.2, 0.25) is 12.7 Å². The van der Waals surface area contributed by atoms with Crippen LogP contribution in [0.5, 0.6) is 11.5 Å². The van der Waals surface area contributed by atoms with Gasteiger partial charge < -0.3 is 20.1 Å². The Bertz CT molecular complexity index is 572. The van der Waals surface area contributed by atoms with Gasteiger partial charge in [-0.25, -0.2) is 4.79 Å². The summed E-state index contributed by atoms with van der Waals surface area (Å²) >= 11 is 0. The summed E-state index contributed by atoms with van der Waals surface area (Å²) in [4.78, 5) is 23.5. The number of imide groups is 1. The van der Waals surface area contributed by atoms with E-state index in [1.54, 1.807) is 18.2 Å². The van der Waals surface area contributed by atoms with Crippen molar-refractivity contribution < 1.29 is 19.1 Å². The number of hydrogen-bond acceptors (Lipinski definition) is 5. The molecule has 7 heteroatoms. The molecule has 0 unspecified atom stereocenters. The number of ether oxygens (including phenoxy) is 2. The summed E-state index contributed by atoms with van der Waals surface area (Å²) in [5, 5.41) is 7.93. The number of rotatable bonds is 5. The summed E-state index contributed by atoms with van der Waals surface area (Å²) in [6.07, 6.45) is 0.879. The zero-order valence-corrected chi connectivity index (χ0v) is 13.0. The molecule has 1 heterocycles. The largest absolute Gasteiger partial charge is 0.454 e. The Morgan fingerprint density at radius 1 is 1.23 bits per heavy atom. The van der Waals surface area contributed by atoms with Gasteiger partial charge >= 0.3 is 6.03 Å². The Balaban J connectivity index is 1.81. The van der Waals surface area contributed by atoms with Crippen LogP contribution < -0.4 is 25.4 Å². The molecule has 0 aromatic heterocycles. The Morgan fingerprint density at radius 2 is 1.95 bits per heavy atom. The molecular weight excluding hydrogens is 286 g/mol. The number of nitrogens with one attached hydrogen (secondary N) is 3. The highest BCUT2D eigenvalue weighted by Crippen LogP contribution is 2.34. The number of carbonyl (C=O) groups is 2. The zero-order chi connectivity index (χ0) is 16.2. The number of benzene rings is 1. The van der Waals surface area contributed by atoms with Gasteiger partial charge in [-0.3, -0.25) is 10.1 Å². The second-order valence-electron chi connectivity index (χ2n) is 5.66. The van der Waals surface area contributed by atoms with E-state index in [4.69, 9.17) is 9.47 Å². The molecule has 0 radical (unpaired) electrons. The summed E-state index contributed by atoms with van der Waals surface area (Å²) in [6, 6.07) is 4.44. The summed E-state index contributed by atoms with van der Waals surface area (Å²) in [5.41, 5.74) is 0.377. The standard InChI is InChI=1S/C15H21N3O4/c1-4-15(2,3)16-8-13(19)18-14(20)17-10-5-6-11-12(7-10)22-9-21-11/h5-7,16H,4,8-9H2,1-3H3,(H2,17,18,19,20). The monoisotopic (exact) mass is 307 g/mol. The van der Waals surface area contributed by atoms with Gasteiger partial charge in [-0.05, 0) is 32.4 Å². The molecule has 0 atom stereocenters. The lowest BCUT2D eigenvalue weighted by molar-refractivity contribution is -0.119. The van der Waals surface area contributed by atoms with E-state index in [2.05, 4.69) is 16.0 Å². The number of hydrogen-bond donors (Lipinski definition) is 3. The molecule has 0 fully saturated rings. The Labute approximate surface area is 129 Å². The molecular formula is C15H21N3O4. The molecule has 0 aliphatic carbocycles. The van der Waals surface area contributed by atoms with Crippen molar-refractivity contribution in [2.24, 2.45) is 0 Å². The first kappa shape index (κ1) is 16.1. The van der Waals surface area contributed by atoms with Crippen LogP contribution in [0, 0.1) is 0 Å². The van der Waals surface area contributed by atoms with Gasteiger partial charge in [-0.15, -0.1) is 0 Å². The van der Waals surface area contributed by atoms with Gasteiger partial charge in [0.1, 0.15) is 0 Å². The summed E-state index contributed by atoms with van der Waals surface area (Å²) < 4.78 is 10.4. The molecule has 0 saturated heterocycles. The minimum absolute atomic E-state index is 0.0788. The fraction of sp³-hybridized carbons (Fsp3) is 0.467. The fourth-order valence-electron chi connectivity index (χ4n) is 1.75. The highest BCUT2D eigenvalue weighted by atomic mass is 16.7. The molecule has 1 aromatic carbocycles. The molecule has 0 spiro atoms. The van der Waals surface area contributed by atoms with Gasteiger partial charge in [0.15, 0.2) is 11.5 Å². The molecule has 3 N–H and O–H groups in total. The molecule has 0 saturated carbocycles. The van der Waals surface area contributed by atoms with E-state index in [9.17, 15) is 9.59 Å². The SMILES string of the molecule is CCC(C)(C)NCC(=O)NC(=O)Nc1ccc2c(c1)OCO2. The predicted molar refractivity (Wildman–Crippen MR) is 82.1 cm³/mol. The van der Waals surface area contributed by atoms with E-state index in [1.807, 2.05) is 20.8 Å². The third-order valence-corrected chi connectivity index (χ3v) is 3.49. The van der Waals surface area contributed by atoms with Crippen molar-refractivity contribution in [3.63, 3.8) is 0 Å². The third kappa shape index (κ3) is 4.36. The van der Waals surface area contributed by atoms with E-state index in [0.29, 0.717) is 17.2 Å². The molecule has 3 amide bonds. The quantitative estimate of drug-likeness (QED) is 0.772. The zero-order valence-electron chi connectivity index (χ0n) is 13.0. The highest BCUT2D eigenvalue weighted by Gasteiger charge is 2.17. The van der Waals surface area contributed by atoms with Crippen molar-refractivity contribution in [1.29, 1.82) is 0 Å². The lowest BCUT2D eigenvalue weighted by Gasteiger charge is -2.23. The van der Waals surface area contributed by atoms with Crippen LogP contribution in [-0.2, 0) is 4.79 Å². The second-order valence-corrected chi connectivity index (χ2v) is 5.66. The lowest BCUT2D eigenvalue weighted by atomic mass is 10.0. The smallest absolute Gasteiger partial charge is 0.325 e. The van der Waals surface area contributed by atoms with E-state index >= 15 is 0 Å². The Hall–Kier alpha value is -2.28. The van der Waals surface area contributed by atoms with Gasteiger partial charge in [0.05, 0.1) is 6.54 Å². The van der Waals surface area contributed by atoms with Crippen LogP contribution in [-0.4, -0.2) is 30.8 Å². The van der Waals surface area contributed by atoms with Crippen LogP contribution in [0.1, 0.15) is 27.2 Å². The molecule has 2 rings (SSSR count). The Kier molecular flexibility index (Phi) is 4.87. The van der Waals surface area contributed by atoms with Gasteiger partial charge in [-0.2, -0.15) is 0 Å². The average Bonchev–Trinajstić information content (AvgIpc) is 2.92. The van der Waals surface area contributed by atoms with Crippen LogP contribution in [0.4, 0.5) is 10.5 Å². The van der Waals surface area contributed by atoms with E-state index in [-0.39, 0.29) is 24.8 Å². The van der Waals surface area contributed by atoms with Crippen molar-refractivity contribution in [2.45, 2.75) is 32.7 Å². The number of fused-ring (bicyclic) bond motifs is 1. The molecule has 1 aliphatic heterocycles. The normalized spacial score (nSPS) is 12.9. The molecule has 0 bridgehead atoms. The Morgan fingerprint density at radius 3 is 2.68 bits per heavy atom. The highest BCUT2D eigenvalue weighted by molar-refractivity contribution is 6.01. The van der Waals surface area contributed by atoms with Gasteiger partial charge in [-0.1, -0.05) is 6.92 Å². The van der Waals surface area contributed by atoms with Crippen LogP contribution >= 0.6 is 0 Å². The minimum Gasteiger partial charge on any atom is -0.454 e. The van der Waals surface area contributed by atoms with Crippen molar-refractivity contribution >= 4 is 17.6 Å². The first-order chi connectivity index (χ1) is 10.4. The van der Waals surface area contributed by atoms with Crippen LogP contribution in [0.25, 0.3) is 0 Å². The van der Waals surface area contributed by atoms with Crippen molar-refractivity contribution in [3.05, 3.63) is 18.2 Å². The molecule has 22 heavy (non-hydrogen) atoms. The van der Waals surface area contributed by atoms with E-state index in [0.717, 1.165) is 6.42 Å². The number of carbonyl (C=O) groups excluding carboxylic acids is 2. The topological polar surface area (TPSA) is 88.7 Å². The third-order valence-electron chi connectivity index (χ3n) is 3.49. The molecule has 7 nitrogen and oxygen atoms in total. The summed E-state index contributed by atoms with van der Waals surface area (Å²) in [6.45, 7) is 6.26. The minimum atomic E-state index is -0.583. The van der Waals surface area contributed by atoms with Crippen molar-refractivity contribution in [1.82, 2.24) is 10.6 Å². The second kappa shape index (κ2) is 6.65. The van der Waals surface area contributed by atoms with Gasteiger partial charge in [0, 0.05) is 17.3 Å². The van der Waals surface area contributed by atoms with Crippen LogP contribution in [0.15, 0.2) is 18.2 Å². The first-order valence-corrected chi connectivity index (χ1v) is 7.15. The maximum absolute atomic E-state index is 11.8. The molecule has 1 aliphatic rings. The van der Waals surface area contributed by atoms with Gasteiger partial charge in [0.25, 0.3) is 0 Å². The van der Waals surface area contributed by atoms with Crippen LogP contribution in [0.2, 0.25) is 0 Å². The fourth-order valence-corrected chi connectivity index (χ4v) is 1.75. The number of amides is 3. The van der Waals surface area contributed by atoms with Crippen LogP contribution in [0.3, 0.4) is 0 Å². The summed E-state index contributed by atoms with van der Waals surface area (Å²) in [7, 11) is 0. The summed E-state index contributed by atoms with van der Waals surface area (Å²) in [5.74, 6) is 0.809. The first-order valence-electron chi connectivity index (χ1n) is 7.15. The average molecular weight is 307 g/mol.